The van der Waals surface area contributed by atoms with Crippen LogP contribution in [0.25, 0.3) is 0 Å². The molecule has 0 aromatic carbocycles. The maximum atomic E-state index is 13.3. The van der Waals surface area contributed by atoms with Crippen LogP contribution < -0.4 is 0 Å². The molecule has 0 spiro atoms. The first kappa shape index (κ1) is 23.7. The molecule has 0 aliphatic heterocycles. The van der Waals surface area contributed by atoms with Crippen LogP contribution in [-0.2, 0) is 4.79 Å². The molecule has 178 valence electrons. The molecule has 0 heterocycles. The lowest BCUT2D eigenvalue weighted by atomic mass is 9.44. The molecule has 3 N–H and O–H groups in total. The van der Waals surface area contributed by atoms with Crippen LogP contribution in [0.15, 0.2) is 0 Å². The van der Waals surface area contributed by atoms with Gasteiger partial charge in [0.05, 0.1) is 18.3 Å². The van der Waals surface area contributed by atoms with Crippen molar-refractivity contribution in [3.8, 4) is 0 Å². The van der Waals surface area contributed by atoms with Gasteiger partial charge in [0, 0.05) is 12.3 Å². The van der Waals surface area contributed by atoms with Gasteiger partial charge in [-0.2, -0.15) is 0 Å². The third-order valence-corrected chi connectivity index (χ3v) is 10.8. The van der Waals surface area contributed by atoms with Gasteiger partial charge in [-0.25, -0.2) is 0 Å². The van der Waals surface area contributed by atoms with E-state index < -0.39 is 12.2 Å². The maximum Gasteiger partial charge on any atom is 0.136 e. The third kappa shape index (κ3) is 3.83. The molecule has 4 fully saturated rings. The summed E-state index contributed by atoms with van der Waals surface area (Å²) in [5, 5.41) is 31.8. The predicted octanol–water partition coefficient (Wildman–Crippen LogP) is 4.59. The highest BCUT2D eigenvalue weighted by Gasteiger charge is 2.62. The topological polar surface area (TPSA) is 77.8 Å². The van der Waals surface area contributed by atoms with Crippen molar-refractivity contribution in [2.24, 2.45) is 52.3 Å². The molecule has 4 saturated carbocycles. The molecule has 0 aromatic heterocycles. The van der Waals surface area contributed by atoms with E-state index in [1.807, 2.05) is 0 Å². The Morgan fingerprint density at radius 3 is 2.29 bits per heavy atom. The van der Waals surface area contributed by atoms with Crippen LogP contribution in [0.2, 0.25) is 0 Å². The number of Topliss-reactive ketones (excluding diaryl/α,β-unsaturated/α-hetero) is 1. The number of rotatable bonds is 5. The normalized spacial score (nSPS) is 48.0. The third-order valence-electron chi connectivity index (χ3n) is 10.8. The quantitative estimate of drug-likeness (QED) is 0.591. The molecule has 0 unspecified atom stereocenters. The molecule has 0 saturated heterocycles. The van der Waals surface area contributed by atoms with Gasteiger partial charge >= 0.3 is 0 Å². The number of aliphatic hydroxyl groups excluding tert-OH is 3. The first-order valence-electron chi connectivity index (χ1n) is 13.1. The molecular weight excluding hydrogens is 388 g/mol. The molecule has 11 atom stereocenters. The van der Waals surface area contributed by atoms with Crippen molar-refractivity contribution in [3.05, 3.63) is 0 Å². The Morgan fingerprint density at radius 2 is 1.61 bits per heavy atom. The summed E-state index contributed by atoms with van der Waals surface area (Å²) in [5.74, 6) is 2.89. The summed E-state index contributed by atoms with van der Waals surface area (Å²) >= 11 is 0. The highest BCUT2D eigenvalue weighted by molar-refractivity contribution is 5.83. The van der Waals surface area contributed by atoms with E-state index in [0.29, 0.717) is 54.6 Å². The molecule has 4 rings (SSSR count). The van der Waals surface area contributed by atoms with Crippen molar-refractivity contribution < 1.29 is 20.1 Å². The highest BCUT2D eigenvalue weighted by atomic mass is 16.3. The van der Waals surface area contributed by atoms with Crippen LogP contribution >= 0.6 is 0 Å². The average molecular weight is 435 g/mol. The van der Waals surface area contributed by atoms with Gasteiger partial charge in [0.1, 0.15) is 5.78 Å². The largest absolute Gasteiger partial charge is 0.393 e. The van der Waals surface area contributed by atoms with E-state index in [2.05, 4.69) is 34.6 Å². The van der Waals surface area contributed by atoms with Gasteiger partial charge in [-0.1, -0.05) is 34.6 Å². The lowest BCUT2D eigenvalue weighted by Crippen LogP contribution is -2.57. The minimum absolute atomic E-state index is 0.0472. The van der Waals surface area contributed by atoms with Crippen molar-refractivity contribution in [1.29, 1.82) is 0 Å². The second-order valence-corrected chi connectivity index (χ2v) is 12.8. The fraction of sp³-hybridized carbons (Fsp3) is 0.963. The summed E-state index contributed by atoms with van der Waals surface area (Å²) in [6.45, 7) is 11.1. The molecule has 4 nitrogen and oxygen atoms in total. The molecule has 0 radical (unpaired) electrons. The minimum atomic E-state index is -0.671. The van der Waals surface area contributed by atoms with Crippen molar-refractivity contribution in [3.63, 3.8) is 0 Å². The number of carbonyl (C=O) groups is 1. The average Bonchev–Trinajstić information content (AvgIpc) is 3.05. The molecule has 31 heavy (non-hydrogen) atoms. The molecular formula is C27H46O4. The van der Waals surface area contributed by atoms with Crippen LogP contribution in [-0.4, -0.2) is 39.4 Å². The molecule has 4 aliphatic carbocycles. The van der Waals surface area contributed by atoms with E-state index in [4.69, 9.17) is 0 Å². The SMILES string of the molecule is CC(C)C[C@@H](O)[C@H](O)[C@@H](C)[C@H]1CC[C@H]2[C@@H]3CC(=O)[C@H]4C[C@H](O)CC[C@]4(C)[C@H]3CC[C@]12C. The highest BCUT2D eigenvalue weighted by Crippen LogP contribution is 2.67. The monoisotopic (exact) mass is 434 g/mol. The van der Waals surface area contributed by atoms with Crippen molar-refractivity contribution in [2.45, 2.75) is 111 Å². The van der Waals surface area contributed by atoms with E-state index in [1.165, 1.54) is 12.8 Å². The lowest BCUT2D eigenvalue weighted by Gasteiger charge is -2.60. The summed E-state index contributed by atoms with van der Waals surface area (Å²) in [6.07, 6.45) is 6.78. The number of carbonyl (C=O) groups excluding carboxylic acids is 1. The number of hydrogen-bond acceptors (Lipinski definition) is 4. The molecule has 4 aliphatic rings. The summed E-state index contributed by atoms with van der Waals surface area (Å²) in [5.41, 5.74) is 0.202. The Kier molecular flexibility index (Phi) is 6.42. The Hall–Kier alpha value is -0.450. The van der Waals surface area contributed by atoms with Gasteiger partial charge in [-0.15, -0.1) is 0 Å². The molecule has 4 heteroatoms. The Balaban J connectivity index is 1.54. The zero-order valence-corrected chi connectivity index (χ0v) is 20.4. The van der Waals surface area contributed by atoms with Gasteiger partial charge in [0.25, 0.3) is 0 Å². The standard InChI is InChI=1S/C27H46O4/c1-15(2)12-24(30)25(31)16(3)19-6-7-20-18-14-23(29)22-13-17(28)8-10-27(22,5)21(18)9-11-26(19,20)4/h15-22,24-25,28,30-31H,6-14H2,1-5H3/t16-,17+,18-,19+,20-,21-,22+,24+,25+,26+,27+/m0/s1. The number of ketones is 1. The van der Waals surface area contributed by atoms with Crippen LogP contribution in [0.1, 0.15) is 92.4 Å². The van der Waals surface area contributed by atoms with Crippen LogP contribution in [0, 0.1) is 52.3 Å². The first-order valence-corrected chi connectivity index (χ1v) is 13.1. The summed E-state index contributed by atoms with van der Waals surface area (Å²) < 4.78 is 0. The smallest absolute Gasteiger partial charge is 0.136 e. The zero-order valence-electron chi connectivity index (χ0n) is 20.4. The number of hydrogen-bond donors (Lipinski definition) is 3. The van der Waals surface area contributed by atoms with Gasteiger partial charge in [0.2, 0.25) is 0 Å². The van der Waals surface area contributed by atoms with Crippen molar-refractivity contribution in [1.82, 2.24) is 0 Å². The van der Waals surface area contributed by atoms with Gasteiger partial charge < -0.3 is 15.3 Å². The van der Waals surface area contributed by atoms with Crippen LogP contribution in [0.3, 0.4) is 0 Å². The maximum absolute atomic E-state index is 13.3. The number of fused-ring (bicyclic) bond motifs is 5. The van der Waals surface area contributed by atoms with E-state index in [0.717, 1.165) is 25.7 Å². The summed E-state index contributed by atoms with van der Waals surface area (Å²) in [6, 6.07) is 0. The second-order valence-electron chi connectivity index (χ2n) is 12.8. The summed E-state index contributed by atoms with van der Waals surface area (Å²) in [4.78, 5) is 13.3. The van der Waals surface area contributed by atoms with Crippen LogP contribution in [0.4, 0.5) is 0 Å². The van der Waals surface area contributed by atoms with E-state index in [9.17, 15) is 20.1 Å². The first-order chi connectivity index (χ1) is 14.5. The van der Waals surface area contributed by atoms with Gasteiger partial charge in [0.15, 0.2) is 0 Å². The Morgan fingerprint density at radius 1 is 0.968 bits per heavy atom. The molecule has 0 aromatic rings. The van der Waals surface area contributed by atoms with Crippen LogP contribution in [0.5, 0.6) is 0 Å². The molecule has 0 amide bonds. The Bertz CT molecular complexity index is 676. The molecule has 0 bridgehead atoms. The fourth-order valence-corrected chi connectivity index (χ4v) is 9.13. The predicted molar refractivity (Wildman–Crippen MR) is 122 cm³/mol. The second kappa shape index (κ2) is 8.40. The lowest BCUT2D eigenvalue weighted by molar-refractivity contribution is -0.161. The van der Waals surface area contributed by atoms with Crippen molar-refractivity contribution >= 4 is 5.78 Å². The van der Waals surface area contributed by atoms with E-state index in [1.54, 1.807) is 0 Å². The minimum Gasteiger partial charge on any atom is -0.393 e. The van der Waals surface area contributed by atoms with Gasteiger partial charge in [-0.3, -0.25) is 4.79 Å². The summed E-state index contributed by atoms with van der Waals surface area (Å²) in [7, 11) is 0. The van der Waals surface area contributed by atoms with Gasteiger partial charge in [-0.05, 0) is 97.7 Å². The van der Waals surface area contributed by atoms with E-state index in [-0.39, 0.29) is 28.8 Å². The van der Waals surface area contributed by atoms with Crippen molar-refractivity contribution in [2.75, 3.05) is 0 Å². The van der Waals surface area contributed by atoms with E-state index >= 15 is 0 Å². The Labute approximate surface area is 189 Å². The zero-order chi connectivity index (χ0) is 22.7. The number of aliphatic hydroxyl groups is 3. The fourth-order valence-electron chi connectivity index (χ4n) is 9.13.